The van der Waals surface area contributed by atoms with E-state index in [0.29, 0.717) is 0 Å². The van der Waals surface area contributed by atoms with Crippen molar-refractivity contribution in [3.63, 3.8) is 0 Å². The van der Waals surface area contributed by atoms with E-state index in [4.69, 9.17) is 21.3 Å². The minimum absolute atomic E-state index is 0. The molecule has 0 radical (unpaired) electrons. The van der Waals surface area contributed by atoms with E-state index in [9.17, 15) is 0 Å². The third-order valence-electron chi connectivity index (χ3n) is 5.10. The summed E-state index contributed by atoms with van der Waals surface area (Å²) in [7, 11) is 0. The second-order valence-electron chi connectivity index (χ2n) is 6.95. The van der Waals surface area contributed by atoms with Crippen LogP contribution in [0.5, 0.6) is 0 Å². The summed E-state index contributed by atoms with van der Waals surface area (Å²) >= 11 is 6.26. The zero-order valence-electron chi connectivity index (χ0n) is 16.4. The van der Waals surface area contributed by atoms with Gasteiger partial charge in [-0.1, -0.05) is 23.7 Å². The van der Waals surface area contributed by atoms with Gasteiger partial charge in [-0.15, -0.1) is 24.0 Å². The number of aliphatic imine (C=N–C) groups is 1. The fourth-order valence-corrected chi connectivity index (χ4v) is 3.70. The Hall–Kier alpha value is -1.25. The molecule has 0 bridgehead atoms. The first-order chi connectivity index (χ1) is 13.2. The van der Waals surface area contributed by atoms with Crippen LogP contribution >= 0.6 is 35.6 Å². The van der Waals surface area contributed by atoms with Crippen molar-refractivity contribution in [3.8, 4) is 0 Å². The van der Waals surface area contributed by atoms with Gasteiger partial charge in [0.2, 0.25) is 0 Å². The molecule has 1 aromatic carbocycles. The summed E-state index contributed by atoms with van der Waals surface area (Å²) in [5.41, 5.74) is 1.23. The van der Waals surface area contributed by atoms with Crippen LogP contribution in [0.3, 0.4) is 0 Å². The number of ether oxygens (including phenoxy) is 1. The van der Waals surface area contributed by atoms with Crippen LogP contribution in [-0.4, -0.2) is 43.4 Å². The molecule has 2 N–H and O–H groups in total. The van der Waals surface area contributed by atoms with E-state index in [1.54, 1.807) is 0 Å². The van der Waals surface area contributed by atoms with Crippen molar-refractivity contribution in [1.29, 1.82) is 0 Å². The lowest BCUT2D eigenvalue weighted by molar-refractivity contribution is 0.0531. The Morgan fingerprint density at radius 1 is 1.18 bits per heavy atom. The van der Waals surface area contributed by atoms with Crippen molar-refractivity contribution < 1.29 is 4.74 Å². The first-order valence-corrected chi connectivity index (χ1v) is 10.1. The molecule has 2 heterocycles. The molecule has 0 aliphatic carbocycles. The van der Waals surface area contributed by atoms with Gasteiger partial charge in [-0.2, -0.15) is 0 Å². The Morgan fingerprint density at radius 2 is 1.93 bits per heavy atom. The third-order valence-corrected chi connectivity index (χ3v) is 5.33. The smallest absolute Gasteiger partial charge is 0.191 e. The predicted molar refractivity (Wildman–Crippen MR) is 127 cm³/mol. The monoisotopic (exact) mass is 516 g/mol. The van der Waals surface area contributed by atoms with E-state index >= 15 is 0 Å². The number of guanidine groups is 1. The molecule has 1 fully saturated rings. The second kappa shape index (κ2) is 11.7. The average Bonchev–Trinajstić information content (AvgIpc) is 3.20. The SMILES string of the molecule is CCNC(=NCC1(c2cccc(Cl)c2)CCOCC1)NCCn1cccc1.I. The third kappa shape index (κ3) is 6.39. The summed E-state index contributed by atoms with van der Waals surface area (Å²) in [5.74, 6) is 0.859. The Kier molecular flexibility index (Phi) is 9.61. The highest BCUT2D eigenvalue weighted by atomic mass is 127. The van der Waals surface area contributed by atoms with E-state index < -0.39 is 0 Å². The first-order valence-electron chi connectivity index (χ1n) is 9.69. The summed E-state index contributed by atoms with van der Waals surface area (Å²) < 4.78 is 7.78. The molecule has 0 spiro atoms. The number of nitrogens with zero attached hydrogens (tertiary/aromatic N) is 2. The summed E-state index contributed by atoms with van der Waals surface area (Å²) in [6.45, 7) is 6.90. The minimum Gasteiger partial charge on any atom is -0.381 e. The van der Waals surface area contributed by atoms with Gasteiger partial charge >= 0.3 is 0 Å². The number of nitrogens with one attached hydrogen (secondary N) is 2. The molecule has 28 heavy (non-hydrogen) atoms. The Labute approximate surface area is 189 Å². The molecular weight excluding hydrogens is 487 g/mol. The molecule has 154 valence electrons. The predicted octanol–water partition coefficient (Wildman–Crippen LogP) is 4.06. The summed E-state index contributed by atoms with van der Waals surface area (Å²) in [4.78, 5) is 4.92. The quantitative estimate of drug-likeness (QED) is 0.331. The highest BCUT2D eigenvalue weighted by molar-refractivity contribution is 14.0. The van der Waals surface area contributed by atoms with Gasteiger partial charge in [-0.05, 0) is 49.6 Å². The molecule has 0 amide bonds. The van der Waals surface area contributed by atoms with Crippen molar-refractivity contribution >= 4 is 41.5 Å². The molecule has 0 unspecified atom stereocenters. The van der Waals surface area contributed by atoms with Crippen molar-refractivity contribution in [3.05, 3.63) is 59.4 Å². The van der Waals surface area contributed by atoms with Gasteiger partial charge in [-0.3, -0.25) is 4.99 Å². The van der Waals surface area contributed by atoms with Crippen LogP contribution in [-0.2, 0) is 16.7 Å². The highest BCUT2D eigenvalue weighted by Gasteiger charge is 2.34. The molecule has 5 nitrogen and oxygen atoms in total. The van der Waals surface area contributed by atoms with E-state index in [0.717, 1.165) is 63.2 Å². The minimum atomic E-state index is -0.0219. The molecule has 1 aliphatic rings. The largest absolute Gasteiger partial charge is 0.381 e. The molecule has 2 aromatic rings. The maximum atomic E-state index is 6.26. The van der Waals surface area contributed by atoms with Crippen molar-refractivity contribution in [1.82, 2.24) is 15.2 Å². The number of halogens is 2. The maximum absolute atomic E-state index is 6.26. The van der Waals surface area contributed by atoms with Gasteiger partial charge in [-0.25, -0.2) is 0 Å². The van der Waals surface area contributed by atoms with Gasteiger partial charge in [0.25, 0.3) is 0 Å². The van der Waals surface area contributed by atoms with Gasteiger partial charge in [0.15, 0.2) is 5.96 Å². The lowest BCUT2D eigenvalue weighted by Crippen LogP contribution is -2.42. The summed E-state index contributed by atoms with van der Waals surface area (Å²) in [6.07, 6.45) is 6.06. The highest BCUT2D eigenvalue weighted by Crippen LogP contribution is 2.36. The number of hydrogen-bond donors (Lipinski definition) is 2. The Balaban J connectivity index is 0.00000280. The Bertz CT molecular complexity index is 730. The van der Waals surface area contributed by atoms with Crippen molar-refractivity contribution in [2.45, 2.75) is 31.7 Å². The molecule has 7 heteroatoms. The van der Waals surface area contributed by atoms with Gasteiger partial charge in [0.1, 0.15) is 0 Å². The molecule has 0 saturated carbocycles. The zero-order valence-corrected chi connectivity index (χ0v) is 19.5. The van der Waals surface area contributed by atoms with Gasteiger partial charge in [0.05, 0.1) is 6.54 Å². The molecule has 1 aromatic heterocycles. The fourth-order valence-electron chi connectivity index (χ4n) is 3.51. The summed E-state index contributed by atoms with van der Waals surface area (Å²) in [5, 5.41) is 7.57. The standard InChI is InChI=1S/C21H29ClN4O.HI/c1-2-23-20(24-10-13-26-11-3-4-12-26)25-17-21(8-14-27-15-9-21)18-6-5-7-19(22)16-18;/h3-7,11-12,16H,2,8-10,13-15,17H2,1H3,(H2,23,24,25);1H. The second-order valence-corrected chi connectivity index (χ2v) is 7.38. The van der Waals surface area contributed by atoms with Crippen molar-refractivity contribution in [2.24, 2.45) is 4.99 Å². The number of benzene rings is 1. The van der Waals surface area contributed by atoms with Crippen LogP contribution in [0.2, 0.25) is 5.02 Å². The fraction of sp³-hybridized carbons (Fsp3) is 0.476. The van der Waals surface area contributed by atoms with Gasteiger partial charge < -0.3 is 19.9 Å². The normalized spacial score (nSPS) is 16.3. The molecule has 1 saturated heterocycles. The van der Waals surface area contributed by atoms with E-state index in [2.05, 4.69) is 46.7 Å². The molecule has 1 aliphatic heterocycles. The molecule has 0 atom stereocenters. The summed E-state index contributed by atoms with van der Waals surface area (Å²) in [6, 6.07) is 12.3. The van der Waals surface area contributed by atoms with Crippen LogP contribution in [0.15, 0.2) is 53.8 Å². The van der Waals surface area contributed by atoms with E-state index in [-0.39, 0.29) is 29.4 Å². The van der Waals surface area contributed by atoms with Crippen LogP contribution in [0.4, 0.5) is 0 Å². The van der Waals surface area contributed by atoms with E-state index in [1.807, 2.05) is 24.3 Å². The topological polar surface area (TPSA) is 50.6 Å². The maximum Gasteiger partial charge on any atom is 0.191 e. The number of rotatable bonds is 7. The van der Waals surface area contributed by atoms with Crippen LogP contribution in [0.25, 0.3) is 0 Å². The van der Waals surface area contributed by atoms with Crippen LogP contribution in [0.1, 0.15) is 25.3 Å². The number of aromatic nitrogens is 1. The molecule has 3 rings (SSSR count). The van der Waals surface area contributed by atoms with E-state index in [1.165, 1.54) is 5.56 Å². The lowest BCUT2D eigenvalue weighted by atomic mass is 9.74. The first kappa shape index (κ1) is 23.0. The average molecular weight is 517 g/mol. The lowest BCUT2D eigenvalue weighted by Gasteiger charge is -2.36. The van der Waals surface area contributed by atoms with Crippen LogP contribution in [0, 0.1) is 0 Å². The zero-order chi connectivity index (χ0) is 19.0. The van der Waals surface area contributed by atoms with Gasteiger partial charge in [0, 0.05) is 55.7 Å². The molecular formula is C21H30ClIN4O. The van der Waals surface area contributed by atoms with Crippen molar-refractivity contribution in [2.75, 3.05) is 32.8 Å². The Morgan fingerprint density at radius 3 is 2.61 bits per heavy atom. The van der Waals surface area contributed by atoms with Crippen LogP contribution < -0.4 is 10.6 Å². The number of hydrogen-bond acceptors (Lipinski definition) is 2.